The number of aromatic nitrogens is 2. The van der Waals surface area contributed by atoms with Gasteiger partial charge in [-0.05, 0) is 38.5 Å². The van der Waals surface area contributed by atoms with Crippen LogP contribution in [0.2, 0.25) is 0 Å². The second-order valence-electron chi connectivity index (χ2n) is 4.67. The van der Waals surface area contributed by atoms with Crippen molar-refractivity contribution in [2.75, 3.05) is 0 Å². The van der Waals surface area contributed by atoms with Gasteiger partial charge in [-0.25, -0.2) is 0 Å². The summed E-state index contributed by atoms with van der Waals surface area (Å²) >= 11 is 1.79. The van der Waals surface area contributed by atoms with Crippen LogP contribution in [0.4, 0.5) is 0 Å². The SMILES string of the molecule is CCc1cc(CC(NN)c2ccc(C)s2)n(CC)n1. The first kappa shape index (κ1) is 14.2. The molecule has 0 amide bonds. The molecule has 0 aromatic carbocycles. The quantitative estimate of drug-likeness (QED) is 0.631. The van der Waals surface area contributed by atoms with Crippen LogP contribution >= 0.6 is 11.3 Å². The Morgan fingerprint density at radius 1 is 1.42 bits per heavy atom. The molecule has 104 valence electrons. The lowest BCUT2D eigenvalue weighted by Crippen LogP contribution is -2.29. The summed E-state index contributed by atoms with van der Waals surface area (Å²) in [5, 5.41) is 4.58. The summed E-state index contributed by atoms with van der Waals surface area (Å²) in [4.78, 5) is 2.59. The maximum Gasteiger partial charge on any atom is 0.0624 e. The molecule has 0 aliphatic rings. The standard InChI is InChI=1S/C14H22N4S/c1-4-11-8-12(18(5-2)17-11)9-13(16-15)14-7-6-10(3)19-14/h6-8,13,16H,4-5,9,15H2,1-3H3. The van der Waals surface area contributed by atoms with E-state index in [1.165, 1.54) is 15.4 Å². The van der Waals surface area contributed by atoms with Gasteiger partial charge in [0.2, 0.25) is 0 Å². The number of nitrogens with one attached hydrogen (secondary N) is 1. The van der Waals surface area contributed by atoms with Gasteiger partial charge in [-0.1, -0.05) is 6.92 Å². The number of thiophene rings is 1. The number of nitrogens with zero attached hydrogens (tertiary/aromatic N) is 2. The van der Waals surface area contributed by atoms with E-state index >= 15 is 0 Å². The average molecular weight is 278 g/mol. The molecule has 2 aromatic rings. The van der Waals surface area contributed by atoms with Gasteiger partial charge in [0, 0.05) is 28.4 Å². The lowest BCUT2D eigenvalue weighted by atomic mass is 10.1. The van der Waals surface area contributed by atoms with E-state index in [0.29, 0.717) is 0 Å². The van der Waals surface area contributed by atoms with Gasteiger partial charge >= 0.3 is 0 Å². The number of hydrogen-bond acceptors (Lipinski definition) is 4. The van der Waals surface area contributed by atoms with Gasteiger partial charge in [0.25, 0.3) is 0 Å². The molecule has 0 aliphatic heterocycles. The van der Waals surface area contributed by atoms with Gasteiger partial charge in [-0.3, -0.25) is 16.0 Å². The van der Waals surface area contributed by atoms with Gasteiger partial charge in [0.1, 0.15) is 0 Å². The first-order chi connectivity index (χ1) is 9.17. The largest absolute Gasteiger partial charge is 0.271 e. The van der Waals surface area contributed by atoms with Gasteiger partial charge in [0.05, 0.1) is 11.7 Å². The van der Waals surface area contributed by atoms with Crippen LogP contribution in [0.1, 0.15) is 41.0 Å². The summed E-state index contributed by atoms with van der Waals surface area (Å²) < 4.78 is 2.07. The van der Waals surface area contributed by atoms with Crippen molar-refractivity contribution in [3.8, 4) is 0 Å². The topological polar surface area (TPSA) is 55.9 Å². The van der Waals surface area contributed by atoms with Gasteiger partial charge in [-0.15, -0.1) is 11.3 Å². The summed E-state index contributed by atoms with van der Waals surface area (Å²) in [6.07, 6.45) is 1.84. The Morgan fingerprint density at radius 3 is 2.74 bits per heavy atom. The van der Waals surface area contributed by atoms with Crippen molar-refractivity contribution in [1.82, 2.24) is 15.2 Å². The molecule has 19 heavy (non-hydrogen) atoms. The molecule has 2 rings (SSSR count). The molecule has 0 bridgehead atoms. The number of hydrazine groups is 1. The molecule has 0 saturated carbocycles. The molecule has 1 atom stereocenters. The molecule has 0 spiro atoms. The van der Waals surface area contributed by atoms with Crippen LogP contribution < -0.4 is 11.3 Å². The maximum absolute atomic E-state index is 5.72. The van der Waals surface area contributed by atoms with Gasteiger partial charge in [0.15, 0.2) is 0 Å². The molecule has 0 saturated heterocycles. The van der Waals surface area contributed by atoms with E-state index in [2.05, 4.69) is 54.2 Å². The molecule has 0 radical (unpaired) electrons. The fraction of sp³-hybridized carbons (Fsp3) is 0.500. The lowest BCUT2D eigenvalue weighted by molar-refractivity contribution is 0.522. The Balaban J connectivity index is 2.20. The molecular formula is C14H22N4S. The van der Waals surface area contributed by atoms with Crippen molar-refractivity contribution < 1.29 is 0 Å². The Morgan fingerprint density at radius 2 is 2.21 bits per heavy atom. The number of nitrogens with two attached hydrogens (primary N) is 1. The summed E-state index contributed by atoms with van der Waals surface area (Å²) in [6, 6.07) is 6.64. The highest BCUT2D eigenvalue weighted by Gasteiger charge is 2.16. The molecular weight excluding hydrogens is 256 g/mol. The molecule has 3 N–H and O–H groups in total. The van der Waals surface area contributed by atoms with Crippen LogP contribution in [-0.2, 0) is 19.4 Å². The third-order valence-corrected chi connectivity index (χ3v) is 4.41. The minimum atomic E-state index is 0.158. The molecule has 5 heteroatoms. The van der Waals surface area contributed by atoms with E-state index in [0.717, 1.165) is 25.1 Å². The zero-order valence-corrected chi connectivity index (χ0v) is 12.6. The molecule has 0 fully saturated rings. The minimum absolute atomic E-state index is 0.158. The zero-order valence-electron chi connectivity index (χ0n) is 11.8. The first-order valence-electron chi connectivity index (χ1n) is 6.76. The van der Waals surface area contributed by atoms with Crippen molar-refractivity contribution in [3.63, 3.8) is 0 Å². The Hall–Kier alpha value is -1.17. The zero-order chi connectivity index (χ0) is 13.8. The van der Waals surface area contributed by atoms with Crippen LogP contribution in [0.5, 0.6) is 0 Å². The normalized spacial score (nSPS) is 12.8. The van der Waals surface area contributed by atoms with Crippen molar-refractivity contribution in [3.05, 3.63) is 39.3 Å². The predicted molar refractivity (Wildman–Crippen MR) is 80.1 cm³/mol. The van der Waals surface area contributed by atoms with Crippen molar-refractivity contribution in [2.24, 2.45) is 5.84 Å². The molecule has 0 aliphatic carbocycles. The van der Waals surface area contributed by atoms with Crippen molar-refractivity contribution in [2.45, 2.75) is 46.2 Å². The fourth-order valence-electron chi connectivity index (χ4n) is 2.22. The summed E-state index contributed by atoms with van der Waals surface area (Å²) in [5.74, 6) is 5.72. The highest BCUT2D eigenvalue weighted by molar-refractivity contribution is 7.12. The fourth-order valence-corrected chi connectivity index (χ4v) is 3.15. The van der Waals surface area contributed by atoms with Crippen LogP contribution in [-0.4, -0.2) is 9.78 Å². The van der Waals surface area contributed by atoms with E-state index in [1.54, 1.807) is 11.3 Å². The Bertz CT molecular complexity index is 529. The number of aryl methyl sites for hydroxylation is 3. The van der Waals surface area contributed by atoms with E-state index in [1.807, 2.05) is 0 Å². The van der Waals surface area contributed by atoms with E-state index in [-0.39, 0.29) is 6.04 Å². The third-order valence-electron chi connectivity index (χ3n) is 3.29. The van der Waals surface area contributed by atoms with Crippen LogP contribution in [0, 0.1) is 6.92 Å². The minimum Gasteiger partial charge on any atom is -0.271 e. The van der Waals surface area contributed by atoms with Crippen LogP contribution in [0.15, 0.2) is 18.2 Å². The number of rotatable bonds is 6. The molecule has 4 nitrogen and oxygen atoms in total. The summed E-state index contributed by atoms with van der Waals surface area (Å²) in [6.45, 7) is 7.27. The molecule has 2 aromatic heterocycles. The third kappa shape index (κ3) is 3.23. The van der Waals surface area contributed by atoms with E-state index in [9.17, 15) is 0 Å². The van der Waals surface area contributed by atoms with E-state index in [4.69, 9.17) is 5.84 Å². The van der Waals surface area contributed by atoms with Crippen molar-refractivity contribution in [1.29, 1.82) is 0 Å². The van der Waals surface area contributed by atoms with Crippen LogP contribution in [0.25, 0.3) is 0 Å². The van der Waals surface area contributed by atoms with Crippen LogP contribution in [0.3, 0.4) is 0 Å². The highest BCUT2D eigenvalue weighted by atomic mass is 32.1. The first-order valence-corrected chi connectivity index (χ1v) is 7.57. The molecule has 1 unspecified atom stereocenters. The lowest BCUT2D eigenvalue weighted by Gasteiger charge is -2.14. The highest BCUT2D eigenvalue weighted by Crippen LogP contribution is 2.25. The Kier molecular flexibility index (Phi) is 4.74. The van der Waals surface area contributed by atoms with E-state index < -0.39 is 0 Å². The predicted octanol–water partition coefficient (Wildman–Crippen LogP) is 2.58. The average Bonchev–Trinajstić information content (AvgIpc) is 3.01. The summed E-state index contributed by atoms with van der Waals surface area (Å²) in [7, 11) is 0. The maximum atomic E-state index is 5.72. The van der Waals surface area contributed by atoms with Gasteiger partial charge in [-0.2, -0.15) is 5.10 Å². The number of hydrogen-bond donors (Lipinski definition) is 2. The molecule has 2 heterocycles. The summed E-state index contributed by atoms with van der Waals surface area (Å²) in [5.41, 5.74) is 5.32. The Labute approximate surface area is 118 Å². The monoisotopic (exact) mass is 278 g/mol. The second-order valence-corrected chi connectivity index (χ2v) is 5.99. The van der Waals surface area contributed by atoms with Gasteiger partial charge < -0.3 is 0 Å². The second kappa shape index (κ2) is 6.32. The van der Waals surface area contributed by atoms with Crippen molar-refractivity contribution >= 4 is 11.3 Å². The smallest absolute Gasteiger partial charge is 0.0624 e.